The van der Waals surface area contributed by atoms with Crippen molar-refractivity contribution in [1.29, 1.82) is 0 Å². The Morgan fingerprint density at radius 1 is 0.964 bits per heavy atom. The van der Waals surface area contributed by atoms with Gasteiger partial charge in [0.05, 0.1) is 12.6 Å². The molecular formula is C23H29BrN2O2. The van der Waals surface area contributed by atoms with Gasteiger partial charge in [-0.1, -0.05) is 58.4 Å². The van der Waals surface area contributed by atoms with Gasteiger partial charge in [0, 0.05) is 30.7 Å². The second-order valence-electron chi connectivity index (χ2n) is 8.26. The van der Waals surface area contributed by atoms with E-state index in [-0.39, 0.29) is 12.0 Å². The van der Waals surface area contributed by atoms with E-state index in [0.29, 0.717) is 6.54 Å². The molecule has 0 radical (unpaired) electrons. The van der Waals surface area contributed by atoms with Gasteiger partial charge in [-0.05, 0) is 44.0 Å². The summed E-state index contributed by atoms with van der Waals surface area (Å²) in [6, 6.07) is 19.4. The number of carbonyl (C=O) groups excluding carboxylic acids is 1. The highest BCUT2D eigenvalue weighted by Gasteiger charge is 2.28. The molecule has 1 saturated heterocycles. The van der Waals surface area contributed by atoms with E-state index < -0.39 is 5.60 Å². The summed E-state index contributed by atoms with van der Waals surface area (Å²) >= 11 is 3.53. The van der Waals surface area contributed by atoms with Crippen molar-refractivity contribution in [2.45, 2.75) is 32.4 Å². The first-order valence-electron chi connectivity index (χ1n) is 9.80. The second kappa shape index (κ2) is 9.21. The molecule has 5 heteroatoms. The lowest BCUT2D eigenvalue weighted by Gasteiger charge is -2.39. The standard InChI is InChI=1S/C23H29BrN2O2/c1-23(2,3)28-21(27)17-25-13-15-26(16-14-25)22(18-7-5-4-6-8-18)19-9-11-20(24)12-10-19/h4-12,22H,13-17H2,1-3H3. The van der Waals surface area contributed by atoms with Crippen molar-refractivity contribution in [3.05, 3.63) is 70.2 Å². The van der Waals surface area contributed by atoms with Gasteiger partial charge in [-0.3, -0.25) is 14.6 Å². The molecule has 1 heterocycles. The van der Waals surface area contributed by atoms with E-state index in [1.165, 1.54) is 11.1 Å². The van der Waals surface area contributed by atoms with Gasteiger partial charge in [0.25, 0.3) is 0 Å². The molecule has 0 bridgehead atoms. The van der Waals surface area contributed by atoms with E-state index in [2.05, 4.69) is 80.3 Å². The van der Waals surface area contributed by atoms with Crippen LogP contribution >= 0.6 is 15.9 Å². The van der Waals surface area contributed by atoms with Gasteiger partial charge in [0.2, 0.25) is 0 Å². The number of rotatable bonds is 5. The Morgan fingerprint density at radius 2 is 1.54 bits per heavy atom. The van der Waals surface area contributed by atoms with E-state index in [1.807, 2.05) is 20.8 Å². The lowest BCUT2D eigenvalue weighted by molar-refractivity contribution is -0.156. The molecule has 0 N–H and O–H groups in total. The molecular weight excluding hydrogens is 416 g/mol. The summed E-state index contributed by atoms with van der Waals surface area (Å²) in [5.74, 6) is -0.145. The van der Waals surface area contributed by atoms with E-state index in [0.717, 1.165) is 30.7 Å². The Bertz CT molecular complexity index is 763. The molecule has 0 amide bonds. The molecule has 3 rings (SSSR count). The third-order valence-corrected chi connectivity index (χ3v) is 5.37. The van der Waals surface area contributed by atoms with Crippen LogP contribution in [0.4, 0.5) is 0 Å². The van der Waals surface area contributed by atoms with Crippen molar-refractivity contribution in [2.75, 3.05) is 32.7 Å². The number of nitrogens with zero attached hydrogens (tertiary/aromatic N) is 2. The second-order valence-corrected chi connectivity index (χ2v) is 9.18. The molecule has 2 aromatic carbocycles. The first-order valence-corrected chi connectivity index (χ1v) is 10.6. The van der Waals surface area contributed by atoms with Crippen LogP contribution in [0.2, 0.25) is 0 Å². The molecule has 0 spiro atoms. The number of esters is 1. The Morgan fingerprint density at radius 3 is 2.11 bits per heavy atom. The molecule has 1 fully saturated rings. The number of hydrogen-bond donors (Lipinski definition) is 0. The molecule has 150 valence electrons. The predicted octanol–water partition coefficient (Wildman–Crippen LogP) is 4.50. The van der Waals surface area contributed by atoms with Crippen LogP contribution in [-0.2, 0) is 9.53 Å². The molecule has 4 nitrogen and oxygen atoms in total. The summed E-state index contributed by atoms with van der Waals surface area (Å²) in [7, 11) is 0. The highest BCUT2D eigenvalue weighted by atomic mass is 79.9. The lowest BCUT2D eigenvalue weighted by atomic mass is 9.96. The Balaban J connectivity index is 1.68. The quantitative estimate of drug-likeness (QED) is 0.635. The van der Waals surface area contributed by atoms with Crippen LogP contribution in [0.3, 0.4) is 0 Å². The highest BCUT2D eigenvalue weighted by molar-refractivity contribution is 9.10. The summed E-state index contributed by atoms with van der Waals surface area (Å²) in [4.78, 5) is 16.8. The van der Waals surface area contributed by atoms with E-state index in [1.54, 1.807) is 0 Å². The smallest absolute Gasteiger partial charge is 0.320 e. The average molecular weight is 445 g/mol. The zero-order valence-electron chi connectivity index (χ0n) is 16.9. The molecule has 0 aromatic heterocycles. The first-order chi connectivity index (χ1) is 13.3. The Kier molecular flexibility index (Phi) is 6.91. The van der Waals surface area contributed by atoms with Gasteiger partial charge in [0.1, 0.15) is 5.60 Å². The van der Waals surface area contributed by atoms with Gasteiger partial charge in [-0.2, -0.15) is 0 Å². The summed E-state index contributed by atoms with van der Waals surface area (Å²) in [6.45, 7) is 9.64. The van der Waals surface area contributed by atoms with Crippen LogP contribution in [0.25, 0.3) is 0 Å². The highest BCUT2D eigenvalue weighted by Crippen LogP contribution is 2.30. The van der Waals surface area contributed by atoms with Crippen molar-refractivity contribution in [1.82, 2.24) is 9.80 Å². The van der Waals surface area contributed by atoms with Crippen LogP contribution in [0, 0.1) is 0 Å². The normalized spacial score (nSPS) is 17.3. The van der Waals surface area contributed by atoms with Gasteiger partial charge >= 0.3 is 5.97 Å². The molecule has 1 atom stereocenters. The summed E-state index contributed by atoms with van der Waals surface area (Å²) < 4.78 is 6.55. The molecule has 2 aromatic rings. The van der Waals surface area contributed by atoms with E-state index in [9.17, 15) is 4.79 Å². The van der Waals surface area contributed by atoms with Gasteiger partial charge < -0.3 is 4.74 Å². The number of benzene rings is 2. The molecule has 1 aliphatic rings. The maximum Gasteiger partial charge on any atom is 0.320 e. The zero-order chi connectivity index (χ0) is 20.1. The van der Waals surface area contributed by atoms with Crippen LogP contribution in [0.15, 0.2) is 59.1 Å². The maximum atomic E-state index is 12.1. The monoisotopic (exact) mass is 444 g/mol. The Hall–Kier alpha value is -1.69. The minimum atomic E-state index is -0.432. The zero-order valence-corrected chi connectivity index (χ0v) is 18.5. The van der Waals surface area contributed by atoms with Crippen LogP contribution < -0.4 is 0 Å². The molecule has 0 saturated carbocycles. The topological polar surface area (TPSA) is 32.8 Å². The van der Waals surface area contributed by atoms with Crippen LogP contribution in [0.1, 0.15) is 37.9 Å². The number of ether oxygens (including phenoxy) is 1. The van der Waals surface area contributed by atoms with Crippen molar-refractivity contribution >= 4 is 21.9 Å². The van der Waals surface area contributed by atoms with Crippen molar-refractivity contribution in [3.63, 3.8) is 0 Å². The minimum Gasteiger partial charge on any atom is -0.459 e. The van der Waals surface area contributed by atoms with Crippen LogP contribution in [-0.4, -0.2) is 54.1 Å². The number of hydrogen-bond acceptors (Lipinski definition) is 4. The lowest BCUT2D eigenvalue weighted by Crippen LogP contribution is -2.49. The number of carbonyl (C=O) groups is 1. The fourth-order valence-electron chi connectivity index (χ4n) is 3.63. The van der Waals surface area contributed by atoms with Crippen LogP contribution in [0.5, 0.6) is 0 Å². The maximum absolute atomic E-state index is 12.1. The average Bonchev–Trinajstić information content (AvgIpc) is 2.64. The summed E-state index contributed by atoms with van der Waals surface area (Å²) in [6.07, 6.45) is 0. The molecule has 1 unspecified atom stereocenters. The fraction of sp³-hybridized carbons (Fsp3) is 0.435. The molecule has 0 aliphatic carbocycles. The minimum absolute atomic E-state index is 0.145. The Labute approximate surface area is 176 Å². The van der Waals surface area contributed by atoms with Crippen molar-refractivity contribution in [3.8, 4) is 0 Å². The third kappa shape index (κ3) is 5.90. The van der Waals surface area contributed by atoms with Gasteiger partial charge in [-0.15, -0.1) is 0 Å². The summed E-state index contributed by atoms with van der Waals surface area (Å²) in [5.41, 5.74) is 2.15. The van der Waals surface area contributed by atoms with Gasteiger partial charge in [-0.25, -0.2) is 0 Å². The first kappa shape index (κ1) is 21.0. The van der Waals surface area contributed by atoms with E-state index in [4.69, 9.17) is 4.74 Å². The molecule has 28 heavy (non-hydrogen) atoms. The van der Waals surface area contributed by atoms with Gasteiger partial charge in [0.15, 0.2) is 0 Å². The van der Waals surface area contributed by atoms with E-state index >= 15 is 0 Å². The summed E-state index contributed by atoms with van der Waals surface area (Å²) in [5, 5.41) is 0. The third-order valence-electron chi connectivity index (χ3n) is 4.85. The SMILES string of the molecule is CC(C)(C)OC(=O)CN1CCN(C(c2ccccc2)c2ccc(Br)cc2)CC1. The number of halogens is 1. The molecule has 1 aliphatic heterocycles. The fourth-order valence-corrected chi connectivity index (χ4v) is 3.89. The number of piperazine rings is 1. The largest absolute Gasteiger partial charge is 0.459 e. The predicted molar refractivity (Wildman–Crippen MR) is 116 cm³/mol. The van der Waals surface area contributed by atoms with Crippen molar-refractivity contribution < 1.29 is 9.53 Å². The van der Waals surface area contributed by atoms with Crippen molar-refractivity contribution in [2.24, 2.45) is 0 Å².